The van der Waals surface area contributed by atoms with Crippen molar-refractivity contribution in [2.75, 3.05) is 7.05 Å². The third-order valence-corrected chi connectivity index (χ3v) is 4.68. The van der Waals surface area contributed by atoms with Crippen LogP contribution in [0.2, 0.25) is 0 Å². The van der Waals surface area contributed by atoms with E-state index in [1.54, 1.807) is 0 Å². The summed E-state index contributed by atoms with van der Waals surface area (Å²) in [5.41, 5.74) is 2.78. The molecule has 0 saturated carbocycles. The smallest absolute Gasteiger partial charge is 0.0345 e. The van der Waals surface area contributed by atoms with Gasteiger partial charge in [0.25, 0.3) is 0 Å². The molecular formula is C17H18N2S. The molecule has 2 heterocycles. The van der Waals surface area contributed by atoms with Gasteiger partial charge in [0.05, 0.1) is 0 Å². The molecule has 0 aliphatic rings. The van der Waals surface area contributed by atoms with Crippen molar-refractivity contribution in [2.45, 2.75) is 18.9 Å². The zero-order chi connectivity index (χ0) is 13.8. The molecule has 0 amide bonds. The summed E-state index contributed by atoms with van der Waals surface area (Å²) in [5, 5.41) is 7.13. The van der Waals surface area contributed by atoms with Gasteiger partial charge in [-0.2, -0.15) is 0 Å². The zero-order valence-corrected chi connectivity index (χ0v) is 12.4. The van der Waals surface area contributed by atoms with E-state index >= 15 is 0 Å². The molecule has 2 nitrogen and oxygen atoms in total. The Morgan fingerprint density at radius 3 is 2.70 bits per heavy atom. The molecule has 1 aromatic carbocycles. The highest BCUT2D eigenvalue weighted by Gasteiger charge is 2.11. The van der Waals surface area contributed by atoms with Gasteiger partial charge in [0.15, 0.2) is 0 Å². The predicted octanol–water partition coefficient (Wildman–Crippen LogP) is 3.67. The molecule has 20 heavy (non-hydrogen) atoms. The molecular weight excluding hydrogens is 264 g/mol. The number of pyridine rings is 1. The van der Waals surface area contributed by atoms with Crippen LogP contribution in [-0.4, -0.2) is 18.1 Å². The minimum atomic E-state index is 0.454. The second-order valence-electron chi connectivity index (χ2n) is 5.01. The van der Waals surface area contributed by atoms with Gasteiger partial charge in [-0.1, -0.05) is 18.2 Å². The van der Waals surface area contributed by atoms with Crippen molar-refractivity contribution in [3.8, 4) is 0 Å². The van der Waals surface area contributed by atoms with Gasteiger partial charge < -0.3 is 5.32 Å². The lowest BCUT2D eigenvalue weighted by atomic mass is 9.99. The summed E-state index contributed by atoms with van der Waals surface area (Å²) in [6, 6.07) is 13.3. The van der Waals surface area contributed by atoms with E-state index in [4.69, 9.17) is 0 Å². The molecule has 0 bridgehead atoms. The average molecular weight is 282 g/mol. The van der Waals surface area contributed by atoms with Crippen LogP contribution in [0.3, 0.4) is 0 Å². The third-order valence-electron chi connectivity index (χ3n) is 3.67. The fourth-order valence-electron chi connectivity index (χ4n) is 2.54. The largest absolute Gasteiger partial charge is 0.316 e. The molecule has 0 aliphatic carbocycles. The van der Waals surface area contributed by atoms with Crippen molar-refractivity contribution >= 4 is 21.4 Å². The van der Waals surface area contributed by atoms with E-state index < -0.39 is 0 Å². The highest BCUT2D eigenvalue weighted by molar-refractivity contribution is 7.17. The SMILES string of the molecule is CNC(Cc1ccncc1)Cc1csc2ccccc12. The summed E-state index contributed by atoms with van der Waals surface area (Å²) < 4.78 is 1.38. The quantitative estimate of drug-likeness (QED) is 0.772. The number of hydrogen-bond donors (Lipinski definition) is 1. The Morgan fingerprint density at radius 2 is 1.90 bits per heavy atom. The minimum absolute atomic E-state index is 0.454. The molecule has 3 aromatic rings. The molecule has 2 aromatic heterocycles. The fourth-order valence-corrected chi connectivity index (χ4v) is 3.51. The van der Waals surface area contributed by atoms with Crippen molar-refractivity contribution in [3.05, 3.63) is 65.3 Å². The van der Waals surface area contributed by atoms with E-state index in [0.717, 1.165) is 12.8 Å². The first-order valence-corrected chi connectivity index (χ1v) is 7.76. The van der Waals surface area contributed by atoms with Gasteiger partial charge in [0.2, 0.25) is 0 Å². The molecule has 0 aliphatic heterocycles. The maximum Gasteiger partial charge on any atom is 0.0345 e. The van der Waals surface area contributed by atoms with E-state index in [-0.39, 0.29) is 0 Å². The van der Waals surface area contributed by atoms with Gasteiger partial charge >= 0.3 is 0 Å². The van der Waals surface area contributed by atoms with Crippen LogP contribution in [0, 0.1) is 0 Å². The molecule has 1 N–H and O–H groups in total. The maximum absolute atomic E-state index is 4.08. The molecule has 1 atom stereocenters. The standard InChI is InChI=1S/C17H18N2S/c1-18-15(10-13-6-8-19-9-7-13)11-14-12-20-17-5-3-2-4-16(14)17/h2-9,12,15,18H,10-11H2,1H3. The second kappa shape index (κ2) is 6.16. The van der Waals surface area contributed by atoms with E-state index in [1.807, 2.05) is 30.8 Å². The second-order valence-corrected chi connectivity index (χ2v) is 5.92. The number of fused-ring (bicyclic) bond motifs is 1. The van der Waals surface area contributed by atoms with E-state index in [1.165, 1.54) is 21.2 Å². The molecule has 0 fully saturated rings. The Balaban J connectivity index is 1.78. The summed E-state index contributed by atoms with van der Waals surface area (Å²) in [7, 11) is 2.04. The Labute approximate surface area is 123 Å². The van der Waals surface area contributed by atoms with Crippen LogP contribution < -0.4 is 5.32 Å². The van der Waals surface area contributed by atoms with Crippen molar-refractivity contribution in [1.82, 2.24) is 10.3 Å². The third kappa shape index (κ3) is 2.89. The summed E-state index contributed by atoms with van der Waals surface area (Å²) in [6.07, 6.45) is 5.82. The molecule has 3 heteroatoms. The molecule has 0 radical (unpaired) electrons. The summed E-state index contributed by atoms with van der Waals surface area (Å²) in [4.78, 5) is 4.08. The van der Waals surface area contributed by atoms with Crippen LogP contribution in [-0.2, 0) is 12.8 Å². The van der Waals surface area contributed by atoms with Gasteiger partial charge in [-0.05, 0) is 60.0 Å². The molecule has 0 saturated heterocycles. The normalized spacial score (nSPS) is 12.7. The zero-order valence-electron chi connectivity index (χ0n) is 11.5. The molecule has 3 rings (SSSR count). The van der Waals surface area contributed by atoms with E-state index in [0.29, 0.717) is 6.04 Å². The van der Waals surface area contributed by atoms with Crippen LogP contribution in [0.5, 0.6) is 0 Å². The molecule has 0 spiro atoms. The Hall–Kier alpha value is -1.71. The van der Waals surface area contributed by atoms with Gasteiger partial charge in [-0.3, -0.25) is 4.98 Å². The summed E-state index contributed by atoms with van der Waals surface area (Å²) >= 11 is 1.83. The Kier molecular flexibility index (Phi) is 4.09. The van der Waals surface area contributed by atoms with Crippen LogP contribution in [0.1, 0.15) is 11.1 Å². The maximum atomic E-state index is 4.08. The summed E-state index contributed by atoms with van der Waals surface area (Å²) in [6.45, 7) is 0. The van der Waals surface area contributed by atoms with Crippen molar-refractivity contribution in [1.29, 1.82) is 0 Å². The first kappa shape index (κ1) is 13.3. The number of hydrogen-bond acceptors (Lipinski definition) is 3. The van der Waals surface area contributed by atoms with Crippen LogP contribution >= 0.6 is 11.3 Å². The lowest BCUT2D eigenvalue weighted by Crippen LogP contribution is -2.29. The first-order chi connectivity index (χ1) is 9.86. The topological polar surface area (TPSA) is 24.9 Å². The van der Waals surface area contributed by atoms with E-state index in [9.17, 15) is 0 Å². The van der Waals surface area contributed by atoms with Gasteiger partial charge in [-0.25, -0.2) is 0 Å². The fraction of sp³-hybridized carbons (Fsp3) is 0.235. The number of likely N-dealkylation sites (N-methyl/N-ethyl adjacent to an activating group) is 1. The number of thiophene rings is 1. The summed E-state index contributed by atoms with van der Waals surface area (Å²) in [5.74, 6) is 0. The van der Waals surface area contributed by atoms with Crippen LogP contribution in [0.15, 0.2) is 54.2 Å². The first-order valence-electron chi connectivity index (χ1n) is 6.88. The Morgan fingerprint density at radius 1 is 1.10 bits per heavy atom. The highest BCUT2D eigenvalue weighted by Crippen LogP contribution is 2.26. The van der Waals surface area contributed by atoms with Gasteiger partial charge in [0.1, 0.15) is 0 Å². The van der Waals surface area contributed by atoms with Gasteiger partial charge in [-0.15, -0.1) is 11.3 Å². The lowest BCUT2D eigenvalue weighted by Gasteiger charge is -2.16. The number of rotatable bonds is 5. The van der Waals surface area contributed by atoms with E-state index in [2.05, 4.69) is 52.1 Å². The van der Waals surface area contributed by atoms with Crippen molar-refractivity contribution in [2.24, 2.45) is 0 Å². The van der Waals surface area contributed by atoms with Crippen molar-refractivity contribution < 1.29 is 0 Å². The highest BCUT2D eigenvalue weighted by atomic mass is 32.1. The number of benzene rings is 1. The minimum Gasteiger partial charge on any atom is -0.316 e. The van der Waals surface area contributed by atoms with Crippen molar-refractivity contribution in [3.63, 3.8) is 0 Å². The molecule has 1 unspecified atom stereocenters. The predicted molar refractivity (Wildman–Crippen MR) is 86.3 cm³/mol. The average Bonchev–Trinajstić information content (AvgIpc) is 2.91. The van der Waals surface area contributed by atoms with Gasteiger partial charge in [0, 0.05) is 23.1 Å². The Bertz CT molecular complexity index is 676. The number of nitrogens with one attached hydrogen (secondary N) is 1. The number of nitrogens with zero attached hydrogens (tertiary/aromatic N) is 1. The van der Waals surface area contributed by atoms with Crippen LogP contribution in [0.4, 0.5) is 0 Å². The van der Waals surface area contributed by atoms with Crippen LogP contribution in [0.25, 0.3) is 10.1 Å². The molecule has 102 valence electrons. The lowest BCUT2D eigenvalue weighted by molar-refractivity contribution is 0.558. The monoisotopic (exact) mass is 282 g/mol. The number of aromatic nitrogens is 1.